The highest BCUT2D eigenvalue weighted by atomic mass is 32.3. The molecule has 5 nitrogen and oxygen atoms in total. The molecule has 26 heavy (non-hydrogen) atoms. The smallest absolute Gasteiger partial charge is 0.290 e. The molecule has 0 aliphatic rings. The fraction of sp³-hybridized carbons (Fsp3) is 0. The van der Waals surface area contributed by atoms with Gasteiger partial charge >= 0.3 is 10.2 Å². The Labute approximate surface area is 148 Å². The van der Waals surface area contributed by atoms with Crippen molar-refractivity contribution in [3.8, 4) is 16.9 Å². The van der Waals surface area contributed by atoms with Crippen molar-refractivity contribution < 1.29 is 12.3 Å². The largest absolute Gasteiger partial charge is 0.332 e. The number of H-pyrrole nitrogens is 1. The fourth-order valence-electron chi connectivity index (χ4n) is 3.02. The van der Waals surface area contributed by atoms with E-state index in [9.17, 15) is 17.1 Å². The molecule has 0 atom stereocenters. The van der Waals surface area contributed by atoms with Crippen LogP contribution in [0.4, 0.5) is 3.89 Å². The Morgan fingerprint density at radius 1 is 0.846 bits per heavy atom. The molecular weight excluding hydrogens is 355 g/mol. The SMILES string of the molecule is O=c1cc(-c2ccc(S(=O)(=O)F)c3ccccc23)[nH]n1-c1ccccc1. The predicted octanol–water partition coefficient (Wildman–Crippen LogP) is 3.64. The van der Waals surface area contributed by atoms with Crippen LogP contribution in [0.2, 0.25) is 0 Å². The lowest BCUT2D eigenvalue weighted by Crippen LogP contribution is -2.12. The molecular formula is C19H13FN2O3S. The van der Waals surface area contributed by atoms with E-state index in [1.54, 1.807) is 30.3 Å². The van der Waals surface area contributed by atoms with Crippen molar-refractivity contribution >= 4 is 21.0 Å². The van der Waals surface area contributed by atoms with Crippen LogP contribution in [0.1, 0.15) is 0 Å². The lowest BCUT2D eigenvalue weighted by atomic mass is 10.0. The summed E-state index contributed by atoms with van der Waals surface area (Å²) in [5.74, 6) is 0. The summed E-state index contributed by atoms with van der Waals surface area (Å²) in [4.78, 5) is 12.0. The molecule has 0 bridgehead atoms. The zero-order chi connectivity index (χ0) is 18.3. The lowest BCUT2D eigenvalue weighted by Gasteiger charge is -2.08. The Bertz CT molecular complexity index is 1280. The Hall–Kier alpha value is -3.19. The molecule has 0 saturated carbocycles. The summed E-state index contributed by atoms with van der Waals surface area (Å²) in [5.41, 5.74) is 1.55. The Morgan fingerprint density at radius 2 is 1.50 bits per heavy atom. The Balaban J connectivity index is 1.96. The van der Waals surface area contributed by atoms with Gasteiger partial charge in [0.1, 0.15) is 4.90 Å². The summed E-state index contributed by atoms with van der Waals surface area (Å²) in [6, 6.07) is 19.8. The second-order valence-corrected chi connectivity index (χ2v) is 7.09. The third kappa shape index (κ3) is 2.72. The predicted molar refractivity (Wildman–Crippen MR) is 97.6 cm³/mol. The second kappa shape index (κ2) is 5.96. The van der Waals surface area contributed by atoms with Crippen LogP contribution in [0.3, 0.4) is 0 Å². The summed E-state index contributed by atoms with van der Waals surface area (Å²) in [6.45, 7) is 0. The molecule has 3 aromatic carbocycles. The van der Waals surface area contributed by atoms with Crippen molar-refractivity contribution in [1.82, 2.24) is 9.78 Å². The van der Waals surface area contributed by atoms with Crippen LogP contribution in [-0.4, -0.2) is 18.2 Å². The van der Waals surface area contributed by atoms with Crippen LogP contribution in [-0.2, 0) is 10.2 Å². The summed E-state index contributed by atoms with van der Waals surface area (Å²) in [7, 11) is -4.85. The van der Waals surface area contributed by atoms with E-state index in [-0.39, 0.29) is 15.8 Å². The molecule has 0 aliphatic heterocycles. The monoisotopic (exact) mass is 368 g/mol. The Kier molecular flexibility index (Phi) is 3.73. The quantitative estimate of drug-likeness (QED) is 0.561. The van der Waals surface area contributed by atoms with Gasteiger partial charge in [-0.05, 0) is 23.6 Å². The molecule has 130 valence electrons. The van der Waals surface area contributed by atoms with E-state index in [0.717, 1.165) is 0 Å². The maximum absolute atomic E-state index is 13.6. The molecule has 0 spiro atoms. The average Bonchev–Trinajstić information content (AvgIpc) is 3.02. The van der Waals surface area contributed by atoms with E-state index >= 15 is 0 Å². The molecule has 0 amide bonds. The lowest BCUT2D eigenvalue weighted by molar-refractivity contribution is 0.553. The standard InChI is InChI=1S/C19H13FN2O3S/c20-26(24,25)18-11-10-15(14-8-4-5-9-16(14)18)17-12-19(23)22(21-17)13-6-2-1-3-7-13/h1-12,21H. The van der Waals surface area contributed by atoms with Gasteiger partial charge in [-0.3, -0.25) is 9.89 Å². The minimum absolute atomic E-state index is 0.252. The van der Waals surface area contributed by atoms with Gasteiger partial charge in [0, 0.05) is 17.0 Å². The van der Waals surface area contributed by atoms with Crippen LogP contribution in [0.15, 0.2) is 82.5 Å². The van der Waals surface area contributed by atoms with Crippen molar-refractivity contribution in [2.75, 3.05) is 0 Å². The number of para-hydroxylation sites is 1. The van der Waals surface area contributed by atoms with Gasteiger partial charge in [0.05, 0.1) is 11.4 Å². The van der Waals surface area contributed by atoms with Crippen LogP contribution in [0.25, 0.3) is 27.7 Å². The van der Waals surface area contributed by atoms with Crippen LogP contribution >= 0.6 is 0 Å². The number of fused-ring (bicyclic) bond motifs is 1. The third-order valence-corrected chi connectivity index (χ3v) is 5.05. The zero-order valence-electron chi connectivity index (χ0n) is 13.4. The van der Waals surface area contributed by atoms with Crippen LogP contribution < -0.4 is 5.56 Å². The van der Waals surface area contributed by atoms with Gasteiger partial charge < -0.3 is 0 Å². The maximum atomic E-state index is 13.6. The van der Waals surface area contributed by atoms with E-state index in [4.69, 9.17) is 0 Å². The molecule has 4 rings (SSSR count). The highest BCUT2D eigenvalue weighted by Gasteiger charge is 2.18. The van der Waals surface area contributed by atoms with Gasteiger partial charge in [-0.25, -0.2) is 4.68 Å². The average molecular weight is 368 g/mol. The van der Waals surface area contributed by atoms with E-state index in [1.807, 2.05) is 18.2 Å². The van der Waals surface area contributed by atoms with Gasteiger partial charge in [-0.15, -0.1) is 3.89 Å². The van der Waals surface area contributed by atoms with Gasteiger partial charge in [0.15, 0.2) is 0 Å². The van der Waals surface area contributed by atoms with Gasteiger partial charge in [-0.1, -0.05) is 48.5 Å². The molecule has 1 N–H and O–H groups in total. The van der Waals surface area contributed by atoms with Crippen molar-refractivity contribution in [2.45, 2.75) is 4.90 Å². The van der Waals surface area contributed by atoms with E-state index < -0.39 is 10.2 Å². The second-order valence-electron chi connectivity index (χ2n) is 5.77. The Morgan fingerprint density at radius 3 is 2.19 bits per heavy atom. The first-order valence-electron chi connectivity index (χ1n) is 7.79. The van der Waals surface area contributed by atoms with Crippen LogP contribution in [0.5, 0.6) is 0 Å². The number of aromatic nitrogens is 2. The summed E-state index contributed by atoms with van der Waals surface area (Å²) >= 11 is 0. The molecule has 0 aliphatic carbocycles. The number of benzene rings is 3. The molecule has 0 unspecified atom stereocenters. The highest BCUT2D eigenvalue weighted by molar-refractivity contribution is 7.86. The minimum Gasteiger partial charge on any atom is -0.290 e. The maximum Gasteiger partial charge on any atom is 0.332 e. The molecule has 1 heterocycles. The van der Waals surface area contributed by atoms with Crippen LogP contribution in [0, 0.1) is 0 Å². The summed E-state index contributed by atoms with van der Waals surface area (Å²) in [5, 5.41) is 3.82. The van der Waals surface area contributed by atoms with Crippen molar-refractivity contribution in [3.05, 3.63) is 83.2 Å². The molecule has 0 fully saturated rings. The van der Waals surface area contributed by atoms with Crippen molar-refractivity contribution in [2.24, 2.45) is 0 Å². The fourth-order valence-corrected chi connectivity index (χ4v) is 3.69. The first kappa shape index (κ1) is 16.3. The molecule has 1 aromatic heterocycles. The third-order valence-electron chi connectivity index (χ3n) is 4.17. The van der Waals surface area contributed by atoms with Crippen molar-refractivity contribution in [3.63, 3.8) is 0 Å². The molecule has 0 saturated heterocycles. The topological polar surface area (TPSA) is 71.9 Å². The van der Waals surface area contributed by atoms with Gasteiger partial charge in [-0.2, -0.15) is 8.42 Å². The number of halogens is 1. The van der Waals surface area contributed by atoms with Crippen molar-refractivity contribution in [1.29, 1.82) is 0 Å². The number of hydrogen-bond donors (Lipinski definition) is 1. The molecule has 0 radical (unpaired) electrons. The van der Waals surface area contributed by atoms with E-state index in [2.05, 4.69) is 5.10 Å². The number of rotatable bonds is 3. The number of nitrogens with zero attached hydrogens (tertiary/aromatic N) is 1. The number of hydrogen-bond acceptors (Lipinski definition) is 3. The van der Waals surface area contributed by atoms with E-state index in [0.29, 0.717) is 22.3 Å². The van der Waals surface area contributed by atoms with Gasteiger partial charge in [0.25, 0.3) is 5.56 Å². The number of aromatic amines is 1. The number of nitrogens with one attached hydrogen (secondary N) is 1. The minimum atomic E-state index is -4.85. The first-order chi connectivity index (χ1) is 12.4. The molecule has 4 aromatic rings. The van der Waals surface area contributed by atoms with Gasteiger partial charge in [0.2, 0.25) is 0 Å². The summed E-state index contributed by atoms with van der Waals surface area (Å²) in [6.07, 6.45) is 0. The first-order valence-corrected chi connectivity index (χ1v) is 9.18. The van der Waals surface area contributed by atoms with E-state index in [1.165, 1.54) is 28.9 Å². The zero-order valence-corrected chi connectivity index (χ0v) is 14.2. The summed E-state index contributed by atoms with van der Waals surface area (Å²) < 4.78 is 37.8. The normalized spacial score (nSPS) is 11.7. The molecule has 7 heteroatoms. The highest BCUT2D eigenvalue weighted by Crippen LogP contribution is 2.32.